The zero-order valence-corrected chi connectivity index (χ0v) is 18.3. The smallest absolute Gasteiger partial charge is 0.243 e. The van der Waals surface area contributed by atoms with E-state index in [-0.39, 0.29) is 18.4 Å². The van der Waals surface area contributed by atoms with E-state index in [1.54, 1.807) is 0 Å². The molecule has 27 heavy (non-hydrogen) atoms. The number of benzene rings is 1. The largest absolute Gasteiger partial charge is 0.369 e. The lowest BCUT2D eigenvalue weighted by atomic mass is 9.89. The van der Waals surface area contributed by atoms with E-state index in [2.05, 4.69) is 13.8 Å². The summed E-state index contributed by atoms with van der Waals surface area (Å²) in [6.45, 7) is 13.0. The molecule has 0 bridgehead atoms. The lowest BCUT2D eigenvalue weighted by Crippen LogP contribution is -2.44. The maximum absolute atomic E-state index is 13.7. The first-order valence-corrected chi connectivity index (χ1v) is 11.4. The third-order valence-electron chi connectivity index (χ3n) is 5.46. The van der Waals surface area contributed by atoms with E-state index in [0.29, 0.717) is 30.2 Å². The number of hydrogen-bond acceptors (Lipinski definition) is 3. The SMILES string of the molecule is CC(C)c1cc(C(C)C)c(S(=O)(=O)N2CCCC(C(N)=O)C2)c(C(C)C)c1. The maximum Gasteiger partial charge on any atom is 0.243 e. The molecule has 1 saturated heterocycles. The van der Waals surface area contributed by atoms with Crippen molar-refractivity contribution in [1.29, 1.82) is 0 Å². The molecule has 1 atom stereocenters. The number of carbonyl (C=O) groups excluding carboxylic acids is 1. The van der Waals surface area contributed by atoms with Crippen LogP contribution in [0.2, 0.25) is 0 Å². The molecule has 1 amide bonds. The average Bonchev–Trinajstić information content (AvgIpc) is 2.60. The van der Waals surface area contributed by atoms with Crippen LogP contribution in [0.3, 0.4) is 0 Å². The third kappa shape index (κ3) is 4.54. The summed E-state index contributed by atoms with van der Waals surface area (Å²) < 4.78 is 28.8. The maximum atomic E-state index is 13.7. The van der Waals surface area contributed by atoms with Gasteiger partial charge in [-0.1, -0.05) is 53.7 Å². The van der Waals surface area contributed by atoms with Gasteiger partial charge in [-0.2, -0.15) is 4.31 Å². The normalized spacial score (nSPS) is 19.2. The molecule has 1 aliphatic rings. The van der Waals surface area contributed by atoms with Crippen LogP contribution in [0.1, 0.15) is 88.8 Å². The van der Waals surface area contributed by atoms with Crippen LogP contribution in [-0.4, -0.2) is 31.7 Å². The molecule has 0 saturated carbocycles. The summed E-state index contributed by atoms with van der Waals surface area (Å²) in [5.41, 5.74) is 8.36. The summed E-state index contributed by atoms with van der Waals surface area (Å²) in [7, 11) is -3.70. The third-order valence-corrected chi connectivity index (χ3v) is 7.46. The molecule has 2 rings (SSSR count). The van der Waals surface area contributed by atoms with E-state index in [0.717, 1.165) is 16.7 Å². The highest BCUT2D eigenvalue weighted by atomic mass is 32.2. The van der Waals surface area contributed by atoms with E-state index in [9.17, 15) is 13.2 Å². The van der Waals surface area contributed by atoms with Crippen LogP contribution in [0, 0.1) is 5.92 Å². The van der Waals surface area contributed by atoms with Crippen LogP contribution in [0.5, 0.6) is 0 Å². The van der Waals surface area contributed by atoms with Crippen molar-refractivity contribution in [3.63, 3.8) is 0 Å². The molecule has 1 fully saturated rings. The Morgan fingerprint density at radius 1 is 1.04 bits per heavy atom. The molecule has 0 radical (unpaired) electrons. The lowest BCUT2D eigenvalue weighted by molar-refractivity contribution is -0.122. The minimum Gasteiger partial charge on any atom is -0.369 e. The Bertz CT molecular complexity index is 769. The van der Waals surface area contributed by atoms with Gasteiger partial charge in [0.15, 0.2) is 0 Å². The van der Waals surface area contributed by atoms with Crippen LogP contribution >= 0.6 is 0 Å². The van der Waals surface area contributed by atoms with Crippen molar-refractivity contribution in [3.05, 3.63) is 28.8 Å². The van der Waals surface area contributed by atoms with Gasteiger partial charge in [-0.3, -0.25) is 4.79 Å². The van der Waals surface area contributed by atoms with Gasteiger partial charge in [0.05, 0.1) is 10.8 Å². The highest BCUT2D eigenvalue weighted by Gasteiger charge is 2.36. The van der Waals surface area contributed by atoms with Crippen molar-refractivity contribution >= 4 is 15.9 Å². The number of rotatable bonds is 6. The molecule has 1 aromatic carbocycles. The van der Waals surface area contributed by atoms with Gasteiger partial charge in [0.25, 0.3) is 0 Å². The summed E-state index contributed by atoms with van der Waals surface area (Å²) in [5, 5.41) is 0. The molecule has 6 heteroatoms. The first-order chi connectivity index (χ1) is 12.5. The van der Waals surface area contributed by atoms with Crippen molar-refractivity contribution in [2.45, 2.75) is 77.0 Å². The van der Waals surface area contributed by atoms with Crippen LogP contribution in [0.4, 0.5) is 0 Å². The standard InChI is InChI=1S/C21H34N2O3S/c1-13(2)17-10-18(14(3)4)20(19(11-17)15(5)6)27(25,26)23-9-7-8-16(12-23)21(22)24/h10-11,13-16H,7-9,12H2,1-6H3,(H2,22,24). The molecule has 0 spiro atoms. The Hall–Kier alpha value is -1.40. The minimum atomic E-state index is -3.70. The van der Waals surface area contributed by atoms with E-state index >= 15 is 0 Å². The first kappa shape index (κ1) is 21.9. The van der Waals surface area contributed by atoms with Gasteiger partial charge in [-0.15, -0.1) is 0 Å². The van der Waals surface area contributed by atoms with Crippen molar-refractivity contribution < 1.29 is 13.2 Å². The molecule has 152 valence electrons. The van der Waals surface area contributed by atoms with E-state index in [1.807, 2.05) is 39.8 Å². The quantitative estimate of drug-likeness (QED) is 0.793. The summed E-state index contributed by atoms with van der Waals surface area (Å²) in [6, 6.07) is 4.09. The number of nitrogens with two attached hydrogens (primary N) is 1. The zero-order valence-electron chi connectivity index (χ0n) is 17.5. The van der Waals surface area contributed by atoms with Gasteiger partial charge in [0.1, 0.15) is 0 Å². The second-order valence-corrected chi connectivity index (χ2v) is 10.5. The molecule has 1 heterocycles. The van der Waals surface area contributed by atoms with Gasteiger partial charge >= 0.3 is 0 Å². The van der Waals surface area contributed by atoms with Crippen molar-refractivity contribution in [3.8, 4) is 0 Å². The minimum absolute atomic E-state index is 0.0858. The Morgan fingerprint density at radius 3 is 1.96 bits per heavy atom. The molecular weight excluding hydrogens is 360 g/mol. The van der Waals surface area contributed by atoms with Crippen LogP contribution in [-0.2, 0) is 14.8 Å². The average molecular weight is 395 g/mol. The zero-order chi connectivity index (χ0) is 20.5. The number of piperidine rings is 1. The van der Waals surface area contributed by atoms with E-state index < -0.39 is 21.8 Å². The van der Waals surface area contributed by atoms with E-state index in [4.69, 9.17) is 5.73 Å². The number of hydrogen-bond donors (Lipinski definition) is 1. The van der Waals surface area contributed by atoms with Crippen molar-refractivity contribution in [2.75, 3.05) is 13.1 Å². The summed E-state index contributed by atoms with van der Waals surface area (Å²) in [6.07, 6.45) is 1.31. The molecule has 1 aliphatic heterocycles. The predicted molar refractivity (Wildman–Crippen MR) is 109 cm³/mol. The highest BCUT2D eigenvalue weighted by molar-refractivity contribution is 7.89. The Balaban J connectivity index is 2.65. The first-order valence-electron chi connectivity index (χ1n) is 9.94. The Labute approximate surface area is 164 Å². The van der Waals surface area contributed by atoms with Gasteiger partial charge in [-0.05, 0) is 47.3 Å². The summed E-state index contributed by atoms with van der Waals surface area (Å²) >= 11 is 0. The van der Waals surface area contributed by atoms with Crippen molar-refractivity contribution in [1.82, 2.24) is 4.31 Å². The van der Waals surface area contributed by atoms with Crippen molar-refractivity contribution in [2.24, 2.45) is 11.7 Å². The Morgan fingerprint density at radius 2 is 1.56 bits per heavy atom. The molecular formula is C21H34N2O3S. The fourth-order valence-corrected chi connectivity index (χ4v) is 5.90. The van der Waals surface area contributed by atoms with Crippen LogP contribution in [0.15, 0.2) is 17.0 Å². The topological polar surface area (TPSA) is 80.5 Å². The molecule has 1 unspecified atom stereocenters. The lowest BCUT2D eigenvalue weighted by Gasteiger charge is -2.33. The Kier molecular flexibility index (Phi) is 6.74. The van der Waals surface area contributed by atoms with Gasteiger partial charge in [-0.25, -0.2) is 8.42 Å². The molecule has 1 aromatic rings. The number of primary amides is 1. The van der Waals surface area contributed by atoms with Gasteiger partial charge in [0, 0.05) is 13.1 Å². The number of nitrogens with zero attached hydrogens (tertiary/aromatic N) is 1. The summed E-state index contributed by atoms with van der Waals surface area (Å²) in [4.78, 5) is 12.1. The fraction of sp³-hybridized carbons (Fsp3) is 0.667. The predicted octanol–water partition coefficient (Wildman–Crippen LogP) is 3.94. The highest BCUT2D eigenvalue weighted by Crippen LogP contribution is 2.37. The monoisotopic (exact) mass is 394 g/mol. The fourth-order valence-electron chi connectivity index (χ4n) is 3.71. The number of carbonyl (C=O) groups is 1. The second-order valence-electron chi connectivity index (χ2n) is 8.60. The van der Waals surface area contributed by atoms with Gasteiger partial charge in [0.2, 0.25) is 15.9 Å². The summed E-state index contributed by atoms with van der Waals surface area (Å²) in [5.74, 6) is -0.330. The second kappa shape index (κ2) is 8.31. The molecule has 2 N–H and O–H groups in total. The van der Waals surface area contributed by atoms with Gasteiger partial charge < -0.3 is 5.73 Å². The molecule has 0 aliphatic carbocycles. The number of sulfonamides is 1. The van der Waals surface area contributed by atoms with E-state index in [1.165, 1.54) is 4.31 Å². The molecule has 0 aromatic heterocycles. The van der Waals surface area contributed by atoms with Crippen LogP contribution < -0.4 is 5.73 Å². The van der Waals surface area contributed by atoms with Crippen LogP contribution in [0.25, 0.3) is 0 Å². The number of amides is 1. The molecule has 5 nitrogen and oxygen atoms in total.